The van der Waals surface area contributed by atoms with Crippen LogP contribution in [0.4, 0.5) is 11.5 Å². The number of amides is 2. The first-order valence-corrected chi connectivity index (χ1v) is 37.2. The van der Waals surface area contributed by atoms with Crippen LogP contribution in [0.15, 0.2) is 73.3 Å². The largest absolute Gasteiger partial charge is 0.490 e. The molecule has 0 spiro atoms. The number of phosphoric ester groups is 1. The molecule has 0 aliphatic carbocycles. The predicted molar refractivity (Wildman–Crippen MR) is 338 cm³/mol. The van der Waals surface area contributed by atoms with Crippen molar-refractivity contribution in [3.8, 4) is 11.5 Å². The minimum Gasteiger partial charge on any atom is -0.456 e. The third-order valence-electron chi connectivity index (χ3n) is 16.1. The number of aromatic nitrogens is 4. The number of fused-ring (bicyclic) bond motifs is 5. The topological polar surface area (TPSA) is 419 Å². The Morgan fingerprint density at radius 3 is 2.17 bits per heavy atom. The number of benzene rings is 3. The average Bonchev–Trinajstić information content (AvgIpc) is 0.918. The number of phosphoric acid groups is 3. The van der Waals surface area contributed by atoms with E-state index in [0.29, 0.717) is 128 Å². The van der Waals surface area contributed by atoms with Gasteiger partial charge in [0, 0.05) is 99.2 Å². The van der Waals surface area contributed by atoms with Gasteiger partial charge in [0.15, 0.2) is 22.5 Å². The normalized spacial score (nSPS) is 19.8. The number of rotatable bonds is 28. The third-order valence-corrected chi connectivity index (χ3v) is 21.2. The Morgan fingerprint density at radius 1 is 0.815 bits per heavy atom. The summed E-state index contributed by atoms with van der Waals surface area (Å²) in [4.78, 5) is 81.3. The van der Waals surface area contributed by atoms with E-state index < -0.39 is 91.3 Å². The summed E-state index contributed by atoms with van der Waals surface area (Å²) in [5.74, 6) is -0.675. The lowest BCUT2D eigenvalue weighted by Crippen LogP contribution is -2.50. The summed E-state index contributed by atoms with van der Waals surface area (Å²) < 4.78 is 134. The van der Waals surface area contributed by atoms with Gasteiger partial charge in [0.2, 0.25) is 11.3 Å². The molecule has 1 fully saturated rings. The number of nitrogens with one attached hydrogen (secondary N) is 2. The first kappa shape index (κ1) is 70.2. The van der Waals surface area contributed by atoms with E-state index in [1.165, 1.54) is 22.1 Å². The van der Waals surface area contributed by atoms with Crippen molar-refractivity contribution in [1.82, 2.24) is 34.3 Å². The van der Waals surface area contributed by atoms with E-state index in [0.717, 1.165) is 19.3 Å². The zero-order valence-electron chi connectivity index (χ0n) is 51.4. The summed E-state index contributed by atoms with van der Waals surface area (Å²) in [5.41, 5.74) is 3.55. The summed E-state index contributed by atoms with van der Waals surface area (Å²) >= 11 is 0. The molecule has 5 aromatic rings. The van der Waals surface area contributed by atoms with Crippen LogP contribution in [0.3, 0.4) is 0 Å². The molecule has 0 bridgehead atoms. The van der Waals surface area contributed by atoms with Crippen LogP contribution in [-0.4, -0.2) is 168 Å². The molecule has 6 heterocycles. The van der Waals surface area contributed by atoms with Gasteiger partial charge in [-0.3, -0.25) is 27.8 Å². The molecule has 35 heteroatoms. The van der Waals surface area contributed by atoms with Crippen molar-refractivity contribution in [1.29, 1.82) is 0 Å². The maximum Gasteiger partial charge on any atom is 0.490 e. The fourth-order valence-corrected chi connectivity index (χ4v) is 16.6. The van der Waals surface area contributed by atoms with Crippen LogP contribution in [-0.2, 0) is 56.6 Å². The van der Waals surface area contributed by atoms with Crippen LogP contribution in [0.2, 0.25) is 0 Å². The number of likely N-dealkylation sites (N-methyl/N-ethyl adjacent to an activating group) is 2. The number of imidazole rings is 1. The van der Waals surface area contributed by atoms with Crippen molar-refractivity contribution >= 4 is 94.9 Å². The second kappa shape index (κ2) is 27.3. The SMILES string of the molecule is CCN1c2cc3c(cc2C(CS(=O)(=O)O)=CC1(C)C)C(c1ccccc1C(=O)N(C)CCCC(=O)NCCCCCCNc1ncnc2c1ncn2[C@H]1C[C@H](O)[C@@H](COP(=O)(O)OP(=O)(O)OP(=O)(O)O)O1)=c1cc2c(cc1O3)=[N+](CC)C(C)(C)C=C2CS(=O)(=O)O. The number of carbonyl (C=O) groups is 2. The summed E-state index contributed by atoms with van der Waals surface area (Å²) in [6.45, 7) is 13.1. The zero-order valence-corrected chi connectivity index (χ0v) is 55.7. The summed E-state index contributed by atoms with van der Waals surface area (Å²) in [7, 11) is -24.2. The fourth-order valence-electron chi connectivity index (χ4n) is 12.3. The van der Waals surface area contributed by atoms with Crippen molar-refractivity contribution in [2.75, 3.05) is 68.1 Å². The van der Waals surface area contributed by atoms with Gasteiger partial charge in [-0.25, -0.2) is 33.2 Å². The highest BCUT2D eigenvalue weighted by Gasteiger charge is 2.44. The molecule has 5 atom stereocenters. The highest BCUT2D eigenvalue weighted by molar-refractivity contribution is 7.86. The number of hydrogen-bond acceptors (Lipinski definition) is 20. The highest BCUT2D eigenvalue weighted by atomic mass is 32.2. The lowest BCUT2D eigenvalue weighted by atomic mass is 9.83. The second-order valence-corrected chi connectivity index (χ2v) is 31.1. The minimum atomic E-state index is -5.75. The number of aliphatic hydroxyl groups excluding tert-OH is 1. The average molecular weight is 1380 g/mol. The van der Waals surface area contributed by atoms with Crippen molar-refractivity contribution in [2.24, 2.45) is 0 Å². The molecule has 1 saturated heterocycles. The predicted octanol–water partition coefficient (Wildman–Crippen LogP) is 5.28. The first-order chi connectivity index (χ1) is 43.0. The number of ether oxygens (including phenoxy) is 2. The molecule has 0 radical (unpaired) electrons. The van der Waals surface area contributed by atoms with E-state index in [1.807, 2.05) is 78.0 Å². The van der Waals surface area contributed by atoms with E-state index in [9.17, 15) is 64.1 Å². The standard InChI is InChI=1S/C57H74N9O21P3S2/c1-8-65-43-25-46-41(23-39(43)35(28-56(65,3)4)31-91(77,78)79)51(42-24-40-36(32-92(80,81)82)29-57(5,6)66(9-2)44(40)26-47(42)84-46)37-17-12-13-18-38(37)55(69)63(7)22-16-19-49(68)58-20-14-10-11-15-21-59-53-52-54(61-33-60-53)64(34-62-52)50-27-45(67)48(85-50)30-83-89(73,74)87-90(75,76)86-88(70,71)72/h12-13,17-18,23-26,28-29,33-34,45,48,50,67H,8-11,14-16,19-22,27,30-32H2,1-7H3,(H7-,58,59,60,61,68,70,71,72,73,74,75,76,77,78,79,80,81,82)/p+1/t45-,48+,50+/m0/s1. The zero-order chi connectivity index (χ0) is 67.1. The molecule has 2 unspecified atom stereocenters. The first-order valence-electron chi connectivity index (χ1n) is 29.4. The van der Waals surface area contributed by atoms with E-state index in [1.54, 1.807) is 31.3 Å². The Hall–Kier alpha value is -6.15. The lowest BCUT2D eigenvalue weighted by Gasteiger charge is -2.43. The van der Waals surface area contributed by atoms with Crippen LogP contribution in [0.25, 0.3) is 27.9 Å². The molecule has 4 aliphatic heterocycles. The Kier molecular flexibility index (Phi) is 20.8. The summed E-state index contributed by atoms with van der Waals surface area (Å²) in [5, 5.41) is 18.0. The molecular formula is C57H75N9O21P3S2+. The quantitative estimate of drug-likeness (QED) is 0.0131. The van der Waals surface area contributed by atoms with E-state index in [2.05, 4.69) is 48.2 Å². The number of unbranched alkanes of at least 4 members (excludes halogenated alkanes) is 3. The number of hydrogen-bond donors (Lipinski definition) is 9. The number of carbonyl (C=O) groups excluding carboxylic acids is 2. The molecule has 500 valence electrons. The van der Waals surface area contributed by atoms with Crippen molar-refractivity contribution < 1.29 is 96.5 Å². The van der Waals surface area contributed by atoms with Crippen LogP contribution >= 0.6 is 23.5 Å². The molecular weight excluding hydrogens is 1300 g/mol. The van der Waals surface area contributed by atoms with Gasteiger partial charge in [-0.2, -0.15) is 25.5 Å². The fraction of sp³-hybridized carbons (Fsp3) is 0.474. The van der Waals surface area contributed by atoms with Gasteiger partial charge in [0.1, 0.15) is 48.2 Å². The van der Waals surface area contributed by atoms with Crippen LogP contribution < -0.4 is 35.4 Å². The van der Waals surface area contributed by atoms with E-state index in [4.69, 9.17) is 19.3 Å². The second-order valence-electron chi connectivity index (χ2n) is 23.7. The molecule has 2 aromatic heterocycles. The Morgan fingerprint density at radius 2 is 1.50 bits per heavy atom. The number of aliphatic hydroxyl groups is 1. The van der Waals surface area contributed by atoms with Gasteiger partial charge in [-0.1, -0.05) is 37.1 Å². The van der Waals surface area contributed by atoms with Gasteiger partial charge in [-0.15, -0.1) is 0 Å². The minimum absolute atomic E-state index is 0.0642. The van der Waals surface area contributed by atoms with Crippen molar-refractivity contribution in [2.45, 2.75) is 116 Å². The van der Waals surface area contributed by atoms with Crippen molar-refractivity contribution in [3.63, 3.8) is 0 Å². The Balaban J connectivity index is 0.824. The Labute approximate surface area is 530 Å². The lowest BCUT2D eigenvalue weighted by molar-refractivity contribution is -0.121. The van der Waals surface area contributed by atoms with Crippen LogP contribution in [0.5, 0.6) is 11.5 Å². The van der Waals surface area contributed by atoms with Gasteiger partial charge < -0.3 is 54.6 Å². The van der Waals surface area contributed by atoms with E-state index in [-0.39, 0.29) is 31.2 Å². The molecule has 9 rings (SSSR count). The molecule has 3 aromatic carbocycles. The van der Waals surface area contributed by atoms with Gasteiger partial charge in [0.05, 0.1) is 36.2 Å². The van der Waals surface area contributed by atoms with Gasteiger partial charge in [-0.05, 0) is 87.9 Å². The molecule has 4 aliphatic rings. The third kappa shape index (κ3) is 16.5. The summed E-state index contributed by atoms with van der Waals surface area (Å²) in [6, 6.07) is 14.3. The Bertz CT molecular complexity index is 4310. The van der Waals surface area contributed by atoms with Gasteiger partial charge >= 0.3 is 23.5 Å². The van der Waals surface area contributed by atoms with Gasteiger partial charge in [0.25, 0.3) is 26.1 Å². The maximum absolute atomic E-state index is 14.8. The highest BCUT2D eigenvalue weighted by Crippen LogP contribution is 2.66. The molecule has 2 amide bonds. The molecule has 30 nitrogen and oxygen atoms in total. The maximum atomic E-state index is 14.8. The molecule has 0 saturated carbocycles. The smallest absolute Gasteiger partial charge is 0.456 e. The number of nitrogens with zero attached hydrogens (tertiary/aromatic N) is 7. The monoisotopic (exact) mass is 1380 g/mol. The molecule has 9 N–H and O–H groups in total. The summed E-state index contributed by atoms with van der Waals surface area (Å²) in [6.07, 6.45) is 6.29. The number of anilines is 2. The van der Waals surface area contributed by atoms with Crippen molar-refractivity contribution in [3.05, 3.63) is 112 Å². The van der Waals surface area contributed by atoms with E-state index >= 15 is 0 Å². The molecule has 92 heavy (non-hydrogen) atoms. The van der Waals surface area contributed by atoms with Crippen LogP contribution in [0, 0.1) is 0 Å². The van der Waals surface area contributed by atoms with Crippen LogP contribution in [0.1, 0.15) is 125 Å².